The molecule has 33 heavy (non-hydrogen) atoms. The lowest BCUT2D eigenvalue weighted by molar-refractivity contribution is -0.137. The summed E-state index contributed by atoms with van der Waals surface area (Å²) in [6, 6.07) is 7.57. The summed E-state index contributed by atoms with van der Waals surface area (Å²) in [7, 11) is 6.41. The average Bonchev–Trinajstić information content (AvgIpc) is 2.83. The van der Waals surface area contributed by atoms with Gasteiger partial charge in [-0.05, 0) is 56.9 Å². The predicted octanol–water partition coefficient (Wildman–Crippen LogP) is 5.01. The van der Waals surface area contributed by atoms with E-state index in [0.717, 1.165) is 41.7 Å². The molecule has 0 fully saturated rings. The first-order valence-corrected chi connectivity index (χ1v) is 10.9. The van der Waals surface area contributed by atoms with Gasteiger partial charge in [-0.15, -0.1) is 0 Å². The van der Waals surface area contributed by atoms with Crippen LogP contribution in [0.3, 0.4) is 0 Å². The zero-order valence-electron chi connectivity index (χ0n) is 20.4. The Bertz CT molecular complexity index is 933. The van der Waals surface area contributed by atoms with Crippen LogP contribution < -0.4 is 23.7 Å². The third-order valence-electron chi connectivity index (χ3n) is 5.17. The van der Waals surface area contributed by atoms with E-state index in [2.05, 4.69) is 0 Å². The fraction of sp³-hybridized carbons (Fsp3) is 0.423. The molecule has 180 valence electrons. The number of carbonyl (C=O) groups is 1. The lowest BCUT2D eigenvalue weighted by atomic mass is 9.99. The number of carbonyl (C=O) groups excluding carboxylic acids is 1. The third-order valence-corrected chi connectivity index (χ3v) is 5.17. The summed E-state index contributed by atoms with van der Waals surface area (Å²) in [5.74, 6) is 2.81. The Hall–Kier alpha value is -3.35. The maximum atomic E-state index is 11.4. The van der Waals surface area contributed by atoms with Crippen molar-refractivity contribution in [1.82, 2.24) is 0 Å². The van der Waals surface area contributed by atoms with Gasteiger partial charge in [-0.25, -0.2) is 4.79 Å². The summed E-state index contributed by atoms with van der Waals surface area (Å²) in [5.41, 5.74) is 2.91. The zero-order chi connectivity index (χ0) is 24.2. The molecule has 0 amide bonds. The lowest BCUT2D eigenvalue weighted by Crippen LogP contribution is -2.05. The van der Waals surface area contributed by atoms with Gasteiger partial charge in [0.05, 0.1) is 41.7 Å². The van der Waals surface area contributed by atoms with Crippen molar-refractivity contribution < 1.29 is 33.2 Å². The van der Waals surface area contributed by atoms with Crippen LogP contribution in [0.4, 0.5) is 0 Å². The third kappa shape index (κ3) is 6.81. The van der Waals surface area contributed by atoms with Gasteiger partial charge in [0, 0.05) is 17.2 Å². The quantitative estimate of drug-likeness (QED) is 0.237. The van der Waals surface area contributed by atoms with E-state index in [-0.39, 0.29) is 5.97 Å². The Kier molecular flexibility index (Phi) is 10.4. The molecule has 0 unspecified atom stereocenters. The summed E-state index contributed by atoms with van der Waals surface area (Å²) in [6.07, 6.45) is 5.68. The van der Waals surface area contributed by atoms with Crippen LogP contribution in [0, 0.1) is 6.92 Å². The van der Waals surface area contributed by atoms with Crippen molar-refractivity contribution >= 4 is 12.0 Å². The van der Waals surface area contributed by atoms with Gasteiger partial charge in [0.25, 0.3) is 0 Å². The molecule has 0 saturated heterocycles. The Balaban J connectivity index is 1.94. The Morgan fingerprint density at radius 1 is 0.848 bits per heavy atom. The second-order valence-electron chi connectivity index (χ2n) is 7.20. The van der Waals surface area contributed by atoms with E-state index in [1.807, 2.05) is 31.2 Å². The van der Waals surface area contributed by atoms with Crippen molar-refractivity contribution in [2.24, 2.45) is 0 Å². The van der Waals surface area contributed by atoms with Crippen molar-refractivity contribution in [3.8, 4) is 28.7 Å². The molecule has 7 heteroatoms. The molecule has 0 radical (unpaired) electrons. The van der Waals surface area contributed by atoms with Gasteiger partial charge in [-0.3, -0.25) is 0 Å². The maximum Gasteiger partial charge on any atom is 0.330 e. The van der Waals surface area contributed by atoms with Gasteiger partial charge < -0.3 is 28.4 Å². The molecule has 0 aliphatic rings. The number of methoxy groups -OCH3 is 4. The molecule has 0 aromatic heterocycles. The maximum absolute atomic E-state index is 11.4. The number of unbranched alkanes of at least 4 members (excludes halogenated alkanes) is 1. The van der Waals surface area contributed by atoms with Gasteiger partial charge in [0.2, 0.25) is 11.5 Å². The van der Waals surface area contributed by atoms with Crippen LogP contribution in [-0.4, -0.2) is 47.6 Å². The second-order valence-corrected chi connectivity index (χ2v) is 7.20. The van der Waals surface area contributed by atoms with Crippen molar-refractivity contribution in [3.63, 3.8) is 0 Å². The number of benzene rings is 2. The highest BCUT2D eigenvalue weighted by atomic mass is 16.5. The topological polar surface area (TPSA) is 72.5 Å². The molecule has 7 nitrogen and oxygen atoms in total. The summed E-state index contributed by atoms with van der Waals surface area (Å²) in [4.78, 5) is 11.4. The number of rotatable bonds is 13. The predicted molar refractivity (Wildman–Crippen MR) is 128 cm³/mol. The minimum atomic E-state index is -0.350. The first-order chi connectivity index (χ1) is 16.0. The molecule has 0 N–H and O–H groups in total. The number of hydrogen-bond acceptors (Lipinski definition) is 7. The van der Waals surface area contributed by atoms with E-state index in [0.29, 0.717) is 36.2 Å². The van der Waals surface area contributed by atoms with Crippen molar-refractivity contribution in [3.05, 3.63) is 47.0 Å². The molecular formula is C26H34O7. The lowest BCUT2D eigenvalue weighted by Gasteiger charge is -2.21. The Labute approximate surface area is 196 Å². The fourth-order valence-electron chi connectivity index (χ4n) is 3.58. The standard InChI is InChI=1S/C26H34O7/c1-7-32-22(27)16-13-19-11-14-20(15-12-19)33-17-9-8-10-21-18(2)23(28-3)25(30-5)26(31-6)24(21)29-4/h11-16H,7-10,17H2,1-6H3. The minimum Gasteiger partial charge on any atom is -0.494 e. The molecule has 0 bridgehead atoms. The largest absolute Gasteiger partial charge is 0.494 e. The van der Waals surface area contributed by atoms with Gasteiger partial charge in [-0.1, -0.05) is 12.1 Å². The van der Waals surface area contributed by atoms with Crippen LogP contribution >= 0.6 is 0 Å². The summed E-state index contributed by atoms with van der Waals surface area (Å²) in [6.45, 7) is 4.72. The molecule has 0 aliphatic carbocycles. The van der Waals surface area contributed by atoms with E-state index >= 15 is 0 Å². The molecule has 0 heterocycles. The molecule has 2 aromatic carbocycles. The van der Waals surface area contributed by atoms with Crippen LogP contribution in [0.15, 0.2) is 30.3 Å². The highest BCUT2D eigenvalue weighted by Gasteiger charge is 2.24. The SMILES string of the molecule is CCOC(=O)C=Cc1ccc(OCCCCc2c(C)c(OC)c(OC)c(OC)c2OC)cc1. The van der Waals surface area contributed by atoms with E-state index in [1.165, 1.54) is 6.08 Å². The molecule has 0 aliphatic heterocycles. The van der Waals surface area contributed by atoms with Gasteiger partial charge in [0.1, 0.15) is 5.75 Å². The van der Waals surface area contributed by atoms with Crippen molar-refractivity contribution in [2.75, 3.05) is 41.7 Å². The Morgan fingerprint density at radius 3 is 2.03 bits per heavy atom. The first kappa shape index (κ1) is 25.9. The summed E-state index contributed by atoms with van der Waals surface area (Å²) in [5, 5.41) is 0. The highest BCUT2D eigenvalue weighted by Crippen LogP contribution is 2.49. The molecule has 0 atom stereocenters. The average molecular weight is 459 g/mol. The number of ether oxygens (including phenoxy) is 6. The van der Waals surface area contributed by atoms with Crippen LogP contribution in [0.1, 0.15) is 36.5 Å². The van der Waals surface area contributed by atoms with Crippen LogP contribution in [0.5, 0.6) is 28.7 Å². The molecule has 2 rings (SSSR count). The smallest absolute Gasteiger partial charge is 0.330 e. The van der Waals surface area contributed by atoms with Gasteiger partial charge in [-0.2, -0.15) is 0 Å². The molecule has 0 saturated carbocycles. The van der Waals surface area contributed by atoms with E-state index in [9.17, 15) is 4.79 Å². The second kappa shape index (κ2) is 13.3. The molecular weight excluding hydrogens is 424 g/mol. The van der Waals surface area contributed by atoms with E-state index < -0.39 is 0 Å². The first-order valence-electron chi connectivity index (χ1n) is 10.9. The van der Waals surface area contributed by atoms with Crippen molar-refractivity contribution in [1.29, 1.82) is 0 Å². The number of esters is 1. The minimum absolute atomic E-state index is 0.350. The van der Waals surface area contributed by atoms with Crippen LogP contribution in [0.25, 0.3) is 6.08 Å². The van der Waals surface area contributed by atoms with Crippen molar-refractivity contribution in [2.45, 2.75) is 33.1 Å². The summed E-state index contributed by atoms with van der Waals surface area (Å²) >= 11 is 0. The van der Waals surface area contributed by atoms with E-state index in [4.69, 9.17) is 28.4 Å². The van der Waals surface area contributed by atoms with Gasteiger partial charge in [0.15, 0.2) is 11.5 Å². The number of hydrogen-bond donors (Lipinski definition) is 0. The highest BCUT2D eigenvalue weighted by molar-refractivity contribution is 5.87. The fourth-order valence-corrected chi connectivity index (χ4v) is 3.58. The summed E-state index contributed by atoms with van der Waals surface area (Å²) < 4.78 is 33.0. The van der Waals surface area contributed by atoms with Crippen LogP contribution in [0.2, 0.25) is 0 Å². The van der Waals surface area contributed by atoms with Crippen LogP contribution in [-0.2, 0) is 16.0 Å². The van der Waals surface area contributed by atoms with Gasteiger partial charge >= 0.3 is 5.97 Å². The zero-order valence-corrected chi connectivity index (χ0v) is 20.4. The van der Waals surface area contributed by atoms with E-state index in [1.54, 1.807) is 41.4 Å². The molecule has 0 spiro atoms. The monoisotopic (exact) mass is 458 g/mol. The normalized spacial score (nSPS) is 10.7. The molecule has 2 aromatic rings. The Morgan fingerprint density at radius 2 is 1.45 bits per heavy atom.